The van der Waals surface area contributed by atoms with Crippen LogP contribution in [0.4, 0.5) is 28.9 Å². The zero-order valence-corrected chi connectivity index (χ0v) is 15.3. The number of nitrogens with one attached hydrogen (secondary N) is 2. The van der Waals surface area contributed by atoms with Gasteiger partial charge in [0.05, 0.1) is 22.8 Å². The second-order valence-electron chi connectivity index (χ2n) is 6.63. The van der Waals surface area contributed by atoms with Gasteiger partial charge in [-0.3, -0.25) is 9.59 Å². The molecule has 0 saturated heterocycles. The number of carbonyl (C=O) groups excluding carboxylic acids is 2. The molecule has 2 rings (SSSR count). The summed E-state index contributed by atoms with van der Waals surface area (Å²) in [6.07, 6.45) is -4.76. The van der Waals surface area contributed by atoms with Gasteiger partial charge in [-0.15, -0.1) is 0 Å². The van der Waals surface area contributed by atoms with Crippen molar-refractivity contribution in [1.82, 2.24) is 0 Å². The van der Waals surface area contributed by atoms with E-state index < -0.39 is 40.5 Å². The Labute approximate surface area is 163 Å². The van der Waals surface area contributed by atoms with Crippen molar-refractivity contribution in [3.05, 3.63) is 58.9 Å². The number of hydrogen-bond donors (Lipinski definition) is 3. The SMILES string of the molecule is CC(C)(Nc1ccc(C(N)=O)c(F)c1)C(=O)Nc1ccc(C#N)c(C(F)(F)F)c1. The Morgan fingerprint density at radius 1 is 1.07 bits per heavy atom. The van der Waals surface area contributed by atoms with Crippen LogP contribution in [0.15, 0.2) is 36.4 Å². The van der Waals surface area contributed by atoms with Crippen LogP contribution in [0.5, 0.6) is 0 Å². The van der Waals surface area contributed by atoms with E-state index in [9.17, 15) is 27.2 Å². The standard InChI is InChI=1S/C19H16F4N4O2/c1-18(2,27-12-5-6-13(16(25)28)15(20)8-12)17(29)26-11-4-3-10(9-24)14(7-11)19(21,22)23/h3-8,27H,1-2H3,(H2,25,28)(H,26,29). The zero-order valence-electron chi connectivity index (χ0n) is 15.3. The van der Waals surface area contributed by atoms with E-state index in [1.165, 1.54) is 32.0 Å². The van der Waals surface area contributed by atoms with Crippen molar-refractivity contribution in [2.45, 2.75) is 25.6 Å². The van der Waals surface area contributed by atoms with Crippen LogP contribution in [-0.4, -0.2) is 17.4 Å². The highest BCUT2D eigenvalue weighted by molar-refractivity contribution is 5.99. The van der Waals surface area contributed by atoms with Crippen molar-refractivity contribution in [3.63, 3.8) is 0 Å². The highest BCUT2D eigenvalue weighted by Gasteiger charge is 2.34. The zero-order chi connectivity index (χ0) is 22.0. The number of rotatable bonds is 5. The normalized spacial score (nSPS) is 11.5. The molecule has 0 heterocycles. The van der Waals surface area contributed by atoms with Gasteiger partial charge in [0.2, 0.25) is 5.91 Å². The van der Waals surface area contributed by atoms with Gasteiger partial charge in [0.15, 0.2) is 0 Å². The van der Waals surface area contributed by atoms with Crippen LogP contribution in [0.3, 0.4) is 0 Å². The molecule has 29 heavy (non-hydrogen) atoms. The molecule has 0 atom stereocenters. The smallest absolute Gasteiger partial charge is 0.372 e. The van der Waals surface area contributed by atoms with E-state index in [2.05, 4.69) is 10.6 Å². The van der Waals surface area contributed by atoms with Crippen LogP contribution in [-0.2, 0) is 11.0 Å². The first-order valence-electron chi connectivity index (χ1n) is 8.15. The lowest BCUT2D eigenvalue weighted by Crippen LogP contribution is -2.44. The molecule has 2 aromatic carbocycles. The Hall–Kier alpha value is -3.61. The van der Waals surface area contributed by atoms with Crippen molar-refractivity contribution >= 4 is 23.2 Å². The lowest BCUT2D eigenvalue weighted by molar-refractivity contribution is -0.137. The third kappa shape index (κ3) is 5.01. The van der Waals surface area contributed by atoms with E-state index in [-0.39, 0.29) is 16.9 Å². The Balaban J connectivity index is 2.23. The average molecular weight is 408 g/mol. The lowest BCUT2D eigenvalue weighted by atomic mass is 10.0. The Kier molecular flexibility index (Phi) is 5.82. The van der Waals surface area contributed by atoms with Gasteiger partial charge < -0.3 is 16.4 Å². The van der Waals surface area contributed by atoms with Gasteiger partial charge in [-0.1, -0.05) is 0 Å². The first-order chi connectivity index (χ1) is 13.3. The molecule has 4 N–H and O–H groups in total. The third-order valence-corrected chi connectivity index (χ3v) is 3.96. The van der Waals surface area contributed by atoms with E-state index in [1.54, 1.807) is 0 Å². The second kappa shape index (κ2) is 7.79. The lowest BCUT2D eigenvalue weighted by Gasteiger charge is -2.26. The summed E-state index contributed by atoms with van der Waals surface area (Å²) >= 11 is 0. The van der Waals surface area contributed by atoms with Crippen molar-refractivity contribution in [2.75, 3.05) is 10.6 Å². The summed E-state index contributed by atoms with van der Waals surface area (Å²) < 4.78 is 53.0. The first kappa shape index (κ1) is 21.7. The topological polar surface area (TPSA) is 108 Å². The largest absolute Gasteiger partial charge is 0.417 e. The number of alkyl halides is 3. The molecule has 10 heteroatoms. The van der Waals surface area contributed by atoms with E-state index in [4.69, 9.17) is 11.0 Å². The Bertz CT molecular complexity index is 1010. The number of halogens is 4. The van der Waals surface area contributed by atoms with Crippen LogP contribution in [0.2, 0.25) is 0 Å². The summed E-state index contributed by atoms with van der Waals surface area (Å²) in [7, 11) is 0. The van der Waals surface area contributed by atoms with Crippen LogP contribution < -0.4 is 16.4 Å². The summed E-state index contributed by atoms with van der Waals surface area (Å²) in [6, 6.07) is 7.68. The quantitative estimate of drug-likeness (QED) is 0.657. The van der Waals surface area contributed by atoms with Crippen LogP contribution >= 0.6 is 0 Å². The molecule has 0 aromatic heterocycles. The molecular weight excluding hydrogens is 392 g/mol. The predicted molar refractivity (Wildman–Crippen MR) is 97.4 cm³/mol. The number of amides is 2. The van der Waals surface area contributed by atoms with Crippen LogP contribution in [0.25, 0.3) is 0 Å². The van der Waals surface area contributed by atoms with Gasteiger partial charge in [-0.2, -0.15) is 18.4 Å². The molecule has 152 valence electrons. The van der Waals surface area contributed by atoms with Crippen LogP contribution in [0.1, 0.15) is 35.3 Å². The fourth-order valence-corrected chi connectivity index (χ4v) is 2.45. The fraction of sp³-hybridized carbons (Fsp3) is 0.211. The molecular formula is C19H16F4N4O2. The fourth-order valence-electron chi connectivity index (χ4n) is 2.45. The highest BCUT2D eigenvalue weighted by Crippen LogP contribution is 2.33. The number of benzene rings is 2. The Morgan fingerprint density at radius 3 is 2.21 bits per heavy atom. The maximum Gasteiger partial charge on any atom is 0.417 e. The number of carbonyl (C=O) groups is 2. The van der Waals surface area contributed by atoms with Crippen molar-refractivity contribution in [1.29, 1.82) is 5.26 Å². The van der Waals surface area contributed by atoms with E-state index in [1.807, 2.05) is 0 Å². The molecule has 0 aliphatic heterocycles. The molecule has 0 radical (unpaired) electrons. The molecule has 0 aliphatic rings. The maximum absolute atomic E-state index is 13.9. The molecule has 0 bridgehead atoms. The molecule has 0 spiro atoms. The summed E-state index contributed by atoms with van der Waals surface area (Å²) in [5, 5.41) is 13.9. The number of primary amides is 1. The number of nitriles is 1. The average Bonchev–Trinajstić information content (AvgIpc) is 2.60. The minimum absolute atomic E-state index is 0.156. The molecule has 0 fully saturated rings. The number of nitrogens with two attached hydrogens (primary N) is 1. The maximum atomic E-state index is 13.9. The van der Waals surface area contributed by atoms with E-state index in [0.717, 1.165) is 18.2 Å². The summed E-state index contributed by atoms with van der Waals surface area (Å²) in [5.74, 6) is -2.55. The van der Waals surface area contributed by atoms with Gasteiger partial charge in [-0.25, -0.2) is 4.39 Å². The van der Waals surface area contributed by atoms with E-state index >= 15 is 0 Å². The van der Waals surface area contributed by atoms with Gasteiger partial charge >= 0.3 is 6.18 Å². The third-order valence-electron chi connectivity index (χ3n) is 3.96. The number of anilines is 2. The number of hydrogen-bond acceptors (Lipinski definition) is 4. The molecule has 2 aromatic rings. The molecule has 0 unspecified atom stereocenters. The minimum atomic E-state index is -4.76. The summed E-state index contributed by atoms with van der Waals surface area (Å²) in [4.78, 5) is 23.6. The second-order valence-corrected chi connectivity index (χ2v) is 6.63. The molecule has 0 aliphatic carbocycles. The molecule has 0 saturated carbocycles. The van der Waals surface area contributed by atoms with Gasteiger partial charge in [-0.05, 0) is 50.2 Å². The van der Waals surface area contributed by atoms with Crippen molar-refractivity contribution < 1.29 is 27.2 Å². The number of nitrogens with zero attached hydrogens (tertiary/aromatic N) is 1. The highest BCUT2D eigenvalue weighted by atomic mass is 19.4. The Morgan fingerprint density at radius 2 is 1.69 bits per heavy atom. The molecule has 2 amide bonds. The minimum Gasteiger partial charge on any atom is -0.372 e. The van der Waals surface area contributed by atoms with Gasteiger partial charge in [0.25, 0.3) is 5.91 Å². The van der Waals surface area contributed by atoms with Crippen LogP contribution in [0, 0.1) is 17.1 Å². The van der Waals surface area contributed by atoms with Gasteiger partial charge in [0.1, 0.15) is 11.4 Å². The molecule has 6 nitrogen and oxygen atoms in total. The first-order valence-corrected chi connectivity index (χ1v) is 8.15. The van der Waals surface area contributed by atoms with Crippen molar-refractivity contribution in [3.8, 4) is 6.07 Å². The monoisotopic (exact) mass is 408 g/mol. The predicted octanol–water partition coefficient (Wildman–Crippen LogP) is 3.64. The van der Waals surface area contributed by atoms with E-state index in [0.29, 0.717) is 6.07 Å². The van der Waals surface area contributed by atoms with Gasteiger partial charge in [0, 0.05) is 11.4 Å². The van der Waals surface area contributed by atoms with Crippen molar-refractivity contribution in [2.24, 2.45) is 5.73 Å². The summed E-state index contributed by atoms with van der Waals surface area (Å²) in [6.45, 7) is 2.85. The summed E-state index contributed by atoms with van der Waals surface area (Å²) in [5.41, 5.74) is 1.58.